The monoisotopic (exact) mass is 468 g/mol. The molecule has 0 spiro atoms. The number of benzene rings is 2. The maximum Gasteiger partial charge on any atom is 0.252 e. The van der Waals surface area contributed by atoms with Crippen LogP contribution in [0.5, 0.6) is 0 Å². The number of carbonyl (C=O) groups excluding carboxylic acids is 1. The van der Waals surface area contributed by atoms with Gasteiger partial charge in [0.1, 0.15) is 0 Å². The van der Waals surface area contributed by atoms with Crippen molar-refractivity contribution in [1.29, 1.82) is 0 Å². The maximum absolute atomic E-state index is 12.6. The number of fused-ring (bicyclic) bond motifs is 1. The molecule has 0 saturated carbocycles. The van der Waals surface area contributed by atoms with Crippen molar-refractivity contribution in [2.24, 2.45) is 4.99 Å². The highest BCUT2D eigenvalue weighted by molar-refractivity contribution is 8.16. The van der Waals surface area contributed by atoms with Gasteiger partial charge in [0, 0.05) is 10.9 Å². The summed E-state index contributed by atoms with van der Waals surface area (Å²) < 4.78 is 24.3. The summed E-state index contributed by atoms with van der Waals surface area (Å²) in [6, 6.07) is 12.6. The zero-order chi connectivity index (χ0) is 20.8. The van der Waals surface area contributed by atoms with Crippen molar-refractivity contribution in [3.05, 3.63) is 63.6 Å². The van der Waals surface area contributed by atoms with Gasteiger partial charge in [0.25, 0.3) is 5.91 Å². The Labute approximate surface area is 184 Å². The molecule has 2 atom stereocenters. The number of anilines is 1. The quantitative estimate of drug-likeness (QED) is 0.676. The Hall–Kier alpha value is -1.54. The first-order valence-electron chi connectivity index (χ1n) is 9.00. The van der Waals surface area contributed by atoms with Crippen molar-refractivity contribution in [2.75, 3.05) is 16.4 Å². The summed E-state index contributed by atoms with van der Waals surface area (Å²) in [6.45, 7) is 1.97. The molecule has 2 fully saturated rings. The van der Waals surface area contributed by atoms with Crippen molar-refractivity contribution in [2.45, 2.75) is 24.6 Å². The summed E-state index contributed by atoms with van der Waals surface area (Å²) in [5, 5.41) is 1.11. The first kappa shape index (κ1) is 20.7. The van der Waals surface area contributed by atoms with E-state index in [-0.39, 0.29) is 35.1 Å². The van der Waals surface area contributed by atoms with Crippen molar-refractivity contribution >= 4 is 61.6 Å². The highest BCUT2D eigenvalue weighted by atomic mass is 35.5. The summed E-state index contributed by atoms with van der Waals surface area (Å²) in [6.07, 6.45) is 0.189. The van der Waals surface area contributed by atoms with Crippen molar-refractivity contribution in [3.8, 4) is 0 Å². The molecule has 0 aliphatic carbocycles. The molecule has 0 bridgehead atoms. The van der Waals surface area contributed by atoms with Gasteiger partial charge in [0.15, 0.2) is 15.0 Å². The van der Waals surface area contributed by atoms with E-state index in [0.29, 0.717) is 20.9 Å². The van der Waals surface area contributed by atoms with Crippen LogP contribution in [0.3, 0.4) is 0 Å². The molecule has 2 saturated heterocycles. The minimum absolute atomic E-state index is 0.0238. The first-order valence-corrected chi connectivity index (χ1v) is 12.5. The Morgan fingerprint density at radius 3 is 2.69 bits per heavy atom. The van der Waals surface area contributed by atoms with E-state index in [4.69, 9.17) is 23.2 Å². The van der Waals surface area contributed by atoms with Gasteiger partial charge in [-0.15, -0.1) is 0 Å². The second kappa shape index (κ2) is 7.95. The number of amides is 1. The lowest BCUT2D eigenvalue weighted by Gasteiger charge is -2.24. The Kier molecular flexibility index (Phi) is 5.68. The van der Waals surface area contributed by atoms with E-state index in [2.05, 4.69) is 4.99 Å². The van der Waals surface area contributed by atoms with Crippen LogP contribution in [-0.4, -0.2) is 42.3 Å². The molecule has 0 aromatic heterocycles. The largest absolute Gasteiger partial charge is 0.316 e. The van der Waals surface area contributed by atoms with E-state index in [0.717, 1.165) is 11.1 Å². The normalized spacial score (nSPS) is 24.1. The predicted octanol–water partition coefficient (Wildman–Crippen LogP) is 4.15. The number of hydrogen-bond donors (Lipinski definition) is 0. The molecule has 29 heavy (non-hydrogen) atoms. The lowest BCUT2D eigenvalue weighted by molar-refractivity contribution is -0.117. The van der Waals surface area contributed by atoms with Gasteiger partial charge in [0.05, 0.1) is 34.0 Å². The standard InChI is InChI=1S/C20H18Cl2N2O3S2/c1-12-3-2-4-13(7-12)8-19(25)23-20-24(14-5-6-15(21)16(22)9-14)17-10-29(26,27)11-18(17)28-20/h2-7,9,17-18H,8,10-11H2,1H3/t17-,18-/m0/s1. The highest BCUT2D eigenvalue weighted by Gasteiger charge is 2.49. The van der Waals surface area contributed by atoms with Crippen molar-refractivity contribution < 1.29 is 13.2 Å². The van der Waals surface area contributed by atoms with Gasteiger partial charge in [-0.2, -0.15) is 4.99 Å². The summed E-state index contributed by atoms with van der Waals surface area (Å²) in [5.41, 5.74) is 2.65. The number of aryl methyl sites for hydroxylation is 1. The number of hydrogen-bond acceptors (Lipinski definition) is 4. The molecule has 2 aliphatic heterocycles. The van der Waals surface area contributed by atoms with Crippen LogP contribution >= 0.6 is 35.0 Å². The van der Waals surface area contributed by atoms with Gasteiger partial charge in [-0.1, -0.05) is 64.8 Å². The van der Waals surface area contributed by atoms with Gasteiger partial charge in [-0.3, -0.25) is 4.79 Å². The van der Waals surface area contributed by atoms with Crippen LogP contribution in [0.1, 0.15) is 11.1 Å². The molecule has 152 valence electrons. The third-order valence-corrected chi connectivity index (χ3v) is 8.85. The van der Waals surface area contributed by atoms with Gasteiger partial charge < -0.3 is 4.90 Å². The minimum Gasteiger partial charge on any atom is -0.316 e. The van der Waals surface area contributed by atoms with E-state index in [1.807, 2.05) is 36.1 Å². The van der Waals surface area contributed by atoms with Crippen LogP contribution in [0.2, 0.25) is 10.0 Å². The highest BCUT2D eigenvalue weighted by Crippen LogP contribution is 2.42. The molecule has 2 aliphatic rings. The van der Waals surface area contributed by atoms with Gasteiger partial charge >= 0.3 is 0 Å². The van der Waals surface area contributed by atoms with Crippen LogP contribution in [0.15, 0.2) is 47.5 Å². The third kappa shape index (κ3) is 4.48. The Morgan fingerprint density at radius 2 is 1.97 bits per heavy atom. The van der Waals surface area contributed by atoms with Gasteiger partial charge in [-0.05, 0) is 30.7 Å². The topological polar surface area (TPSA) is 66.8 Å². The molecule has 2 aromatic rings. The SMILES string of the molecule is Cc1cccc(CC(=O)N=C2S[C@H]3CS(=O)(=O)C[C@@H]3N2c2ccc(Cl)c(Cl)c2)c1. The van der Waals surface area contributed by atoms with Crippen molar-refractivity contribution in [3.63, 3.8) is 0 Å². The van der Waals surface area contributed by atoms with Crippen LogP contribution in [0.4, 0.5) is 5.69 Å². The van der Waals surface area contributed by atoms with E-state index < -0.39 is 9.84 Å². The average Bonchev–Trinajstić information content (AvgIpc) is 3.08. The molecule has 0 unspecified atom stereocenters. The van der Waals surface area contributed by atoms with Crippen LogP contribution in [0.25, 0.3) is 0 Å². The number of carbonyl (C=O) groups is 1. The average molecular weight is 469 g/mol. The fourth-order valence-electron chi connectivity index (χ4n) is 3.64. The van der Waals surface area contributed by atoms with Crippen LogP contribution in [-0.2, 0) is 21.1 Å². The van der Waals surface area contributed by atoms with E-state index in [1.54, 1.807) is 18.2 Å². The molecular formula is C20H18Cl2N2O3S2. The van der Waals surface area contributed by atoms with E-state index >= 15 is 0 Å². The van der Waals surface area contributed by atoms with Gasteiger partial charge in [0.2, 0.25) is 0 Å². The second-order valence-electron chi connectivity index (χ2n) is 7.22. The number of halogens is 2. The number of thioether (sulfide) groups is 1. The zero-order valence-electron chi connectivity index (χ0n) is 15.5. The lowest BCUT2D eigenvalue weighted by atomic mass is 10.1. The Balaban J connectivity index is 1.66. The molecule has 4 rings (SSSR count). The fraction of sp³-hybridized carbons (Fsp3) is 0.300. The number of aliphatic imine (C=N–C) groups is 1. The Bertz CT molecular complexity index is 1120. The van der Waals surface area contributed by atoms with Crippen LogP contribution in [0, 0.1) is 6.92 Å². The predicted molar refractivity (Wildman–Crippen MR) is 120 cm³/mol. The molecule has 9 heteroatoms. The summed E-state index contributed by atoms with van der Waals surface area (Å²) in [4.78, 5) is 18.8. The number of rotatable bonds is 3. The molecular weight excluding hydrogens is 451 g/mol. The number of amidine groups is 1. The van der Waals surface area contributed by atoms with Crippen molar-refractivity contribution in [1.82, 2.24) is 0 Å². The number of sulfone groups is 1. The molecule has 0 N–H and O–H groups in total. The molecule has 5 nitrogen and oxygen atoms in total. The Morgan fingerprint density at radius 1 is 1.17 bits per heavy atom. The zero-order valence-corrected chi connectivity index (χ0v) is 18.7. The molecule has 2 heterocycles. The summed E-state index contributed by atoms with van der Waals surface area (Å²) >= 11 is 13.5. The summed E-state index contributed by atoms with van der Waals surface area (Å²) in [5.74, 6) is -0.174. The maximum atomic E-state index is 12.6. The minimum atomic E-state index is -3.13. The number of nitrogens with zero attached hydrogens (tertiary/aromatic N) is 2. The molecule has 2 aromatic carbocycles. The second-order valence-corrected chi connectivity index (χ2v) is 11.4. The lowest BCUT2D eigenvalue weighted by Crippen LogP contribution is -2.37. The van der Waals surface area contributed by atoms with Crippen LogP contribution < -0.4 is 4.90 Å². The van der Waals surface area contributed by atoms with E-state index in [9.17, 15) is 13.2 Å². The molecule has 0 radical (unpaired) electrons. The molecule has 1 amide bonds. The summed E-state index contributed by atoms with van der Waals surface area (Å²) in [7, 11) is -3.13. The fourth-order valence-corrected chi connectivity index (χ4v) is 7.87. The van der Waals surface area contributed by atoms with E-state index in [1.165, 1.54) is 11.8 Å². The van der Waals surface area contributed by atoms with Gasteiger partial charge in [-0.25, -0.2) is 8.42 Å². The smallest absolute Gasteiger partial charge is 0.252 e. The third-order valence-electron chi connectivity index (χ3n) is 4.91. The first-order chi connectivity index (χ1) is 13.7.